The van der Waals surface area contributed by atoms with Crippen LogP contribution >= 0.6 is 7.82 Å². The maximum absolute atomic E-state index is 14.1. The number of aromatic hydroxyl groups is 2. The van der Waals surface area contributed by atoms with Gasteiger partial charge in [0.05, 0.1) is 53.5 Å². The first-order valence-corrected chi connectivity index (χ1v) is 23.6. The van der Waals surface area contributed by atoms with Crippen LogP contribution in [0.15, 0.2) is 101 Å². The summed E-state index contributed by atoms with van der Waals surface area (Å²) in [4.78, 5) is 37.2. The number of hydrogen-bond acceptors (Lipinski definition) is 13. The lowest BCUT2D eigenvalue weighted by molar-refractivity contribution is -0.142. The van der Waals surface area contributed by atoms with Crippen molar-refractivity contribution in [2.75, 3.05) is 46.9 Å². The van der Waals surface area contributed by atoms with Crippen molar-refractivity contribution in [1.82, 2.24) is 0 Å². The number of phosphoric acid groups is 1. The van der Waals surface area contributed by atoms with Gasteiger partial charge in [-0.3, -0.25) is 32.2 Å². The second kappa shape index (κ2) is 25.5. The van der Waals surface area contributed by atoms with Gasteiger partial charge < -0.3 is 24.4 Å². The Balaban J connectivity index is 0.000000302. The Kier molecular flexibility index (Phi) is 20.3. The number of carbonyl (C=O) groups excluding carboxylic acids is 3. The van der Waals surface area contributed by atoms with E-state index in [-0.39, 0.29) is 68.2 Å². The van der Waals surface area contributed by atoms with Gasteiger partial charge >= 0.3 is 13.8 Å². The highest BCUT2D eigenvalue weighted by Crippen LogP contribution is 2.49. The molecule has 2 N–H and O–H groups in total. The van der Waals surface area contributed by atoms with Gasteiger partial charge in [-0.05, 0) is 145 Å². The molecule has 0 fully saturated rings. The third-order valence-corrected chi connectivity index (χ3v) is 12.2. The zero-order chi connectivity index (χ0) is 47.5. The van der Waals surface area contributed by atoms with Gasteiger partial charge in [0, 0.05) is 22.0 Å². The fraction of sp³-hybridized carbons (Fsp3) is 0.286. The van der Waals surface area contributed by atoms with Gasteiger partial charge in [-0.15, -0.1) is 0 Å². The van der Waals surface area contributed by atoms with E-state index in [9.17, 15) is 37.8 Å². The lowest BCUT2D eigenvalue weighted by Gasteiger charge is -2.16. The molecule has 0 heterocycles. The number of fused-ring (bicyclic) bond motifs is 1. The van der Waals surface area contributed by atoms with E-state index in [1.54, 1.807) is 62.6 Å². The van der Waals surface area contributed by atoms with Crippen molar-refractivity contribution in [3.05, 3.63) is 130 Å². The van der Waals surface area contributed by atoms with Crippen LogP contribution in [0.1, 0.15) is 74.3 Å². The van der Waals surface area contributed by atoms with Crippen LogP contribution < -0.4 is 9.47 Å². The number of rotatable bonds is 22. The first kappa shape index (κ1) is 51.7. The molecule has 4 aromatic carbocycles. The topological polar surface area (TPSA) is 181 Å². The van der Waals surface area contributed by atoms with Crippen LogP contribution in [-0.4, -0.2) is 78.9 Å². The highest BCUT2D eigenvalue weighted by molar-refractivity contribution is 7.84. The molecular weight excluding hydrogens is 879 g/mol. The van der Waals surface area contributed by atoms with Crippen molar-refractivity contribution in [3.63, 3.8) is 0 Å². The summed E-state index contributed by atoms with van der Waals surface area (Å²) >= 11 is 0. The second-order valence-electron chi connectivity index (χ2n) is 14.2. The highest BCUT2D eigenvalue weighted by atomic mass is 32.2. The van der Waals surface area contributed by atoms with Crippen LogP contribution in [0.3, 0.4) is 0 Å². The minimum atomic E-state index is -3.55. The van der Waals surface area contributed by atoms with E-state index in [1.807, 2.05) is 37.3 Å². The fourth-order valence-corrected chi connectivity index (χ4v) is 8.09. The van der Waals surface area contributed by atoms with Crippen molar-refractivity contribution in [3.8, 4) is 23.0 Å². The number of ketones is 2. The van der Waals surface area contributed by atoms with Crippen molar-refractivity contribution in [2.24, 2.45) is 0 Å². The fourth-order valence-electron chi connectivity index (χ4n) is 6.36. The molecule has 346 valence electrons. The standard InChI is InChI=1S/C28H34FO7PS.C21H20O6/c1-5-34-37(31,35-6-2)36-16-8-7-15-33-28(30)19-26-20(3)25(24-14-11-22(29)18-27(24)26)17-21-9-12-23(13-10-21)38(4)32;1-26-20-11-14(5-9-18(20)24)3-7-16(22)13-17(23)8-4-15-6-10-19(25)21(12-15)27-2/h9-14,17-18H,5-8,15-16,19H2,1-4H3;3-12,24-25H,13H2,1-2H3/b25-17-;7-3+,8-4+. The molecule has 0 spiro atoms. The van der Waals surface area contributed by atoms with E-state index in [0.29, 0.717) is 41.0 Å². The average Bonchev–Trinajstić information content (AvgIpc) is 3.52. The maximum atomic E-state index is 14.1. The Morgan fingerprint density at radius 2 is 1.26 bits per heavy atom. The Morgan fingerprint density at radius 1 is 0.723 bits per heavy atom. The summed E-state index contributed by atoms with van der Waals surface area (Å²) in [5.41, 5.74) is 6.26. The number of phenolic OH excluding ortho intramolecular Hbond substituents is 2. The minimum Gasteiger partial charge on any atom is -0.504 e. The van der Waals surface area contributed by atoms with E-state index < -0.39 is 24.6 Å². The second-order valence-corrected chi connectivity index (χ2v) is 17.3. The molecule has 65 heavy (non-hydrogen) atoms. The van der Waals surface area contributed by atoms with Gasteiger partial charge in [-0.1, -0.05) is 42.5 Å². The quantitative estimate of drug-likeness (QED) is 0.0250. The van der Waals surface area contributed by atoms with Crippen LogP contribution in [0.5, 0.6) is 23.0 Å². The Labute approximate surface area is 381 Å². The molecule has 1 unspecified atom stereocenters. The molecule has 1 aliphatic carbocycles. The summed E-state index contributed by atoms with van der Waals surface area (Å²) in [5.74, 6) is -0.879. The zero-order valence-corrected chi connectivity index (χ0v) is 38.9. The lowest BCUT2D eigenvalue weighted by Crippen LogP contribution is -2.08. The molecule has 0 aromatic heterocycles. The summed E-state index contributed by atoms with van der Waals surface area (Å²) in [5, 5.41) is 19.1. The molecule has 0 radical (unpaired) electrons. The van der Waals surface area contributed by atoms with Gasteiger partial charge in [0.25, 0.3) is 0 Å². The number of unbranched alkanes of at least 4 members (excludes halogenated alkanes) is 1. The molecule has 1 aliphatic rings. The van der Waals surface area contributed by atoms with Crippen LogP contribution in [0.2, 0.25) is 0 Å². The summed E-state index contributed by atoms with van der Waals surface area (Å²) in [6.45, 7) is 6.06. The third kappa shape index (κ3) is 15.9. The highest BCUT2D eigenvalue weighted by Gasteiger charge is 2.27. The van der Waals surface area contributed by atoms with Gasteiger partial charge in [-0.2, -0.15) is 0 Å². The summed E-state index contributed by atoms with van der Waals surface area (Å²) < 4.78 is 68.9. The molecule has 4 aromatic rings. The molecular formula is C49H54FO13PS. The first-order valence-electron chi connectivity index (χ1n) is 20.6. The minimum absolute atomic E-state index is 0.00662. The number of ether oxygens (including phenoxy) is 3. The van der Waals surface area contributed by atoms with Crippen molar-refractivity contribution in [1.29, 1.82) is 0 Å². The SMILES string of the molecule is CCOP(=O)(OCC)OCCCCOC(=O)CC1=C(C)/C(=C/c2ccc(S(C)=O)cc2)c2ccc(F)cc21.COc1cc(/C=C/C(=O)CC(=O)/C=C/c2ccc(O)c(OC)c2)ccc1O. The molecule has 16 heteroatoms. The van der Waals surface area contributed by atoms with Crippen molar-refractivity contribution < 1.29 is 65.5 Å². The van der Waals surface area contributed by atoms with E-state index in [2.05, 4.69) is 0 Å². The van der Waals surface area contributed by atoms with Crippen LogP contribution in [0.4, 0.5) is 4.39 Å². The number of hydrogen-bond donors (Lipinski definition) is 2. The van der Waals surface area contributed by atoms with E-state index in [1.165, 1.54) is 50.6 Å². The predicted octanol–water partition coefficient (Wildman–Crippen LogP) is 10.2. The zero-order valence-electron chi connectivity index (χ0n) is 37.2. The Hall–Kier alpha value is -5.96. The number of phenols is 2. The van der Waals surface area contributed by atoms with Gasteiger partial charge in [0.1, 0.15) is 5.82 Å². The number of benzene rings is 4. The first-order chi connectivity index (χ1) is 31.1. The van der Waals surface area contributed by atoms with E-state index in [0.717, 1.165) is 32.7 Å². The van der Waals surface area contributed by atoms with E-state index in [4.69, 9.17) is 27.8 Å². The van der Waals surface area contributed by atoms with Crippen LogP contribution in [0.25, 0.3) is 29.4 Å². The van der Waals surface area contributed by atoms with Crippen molar-refractivity contribution >= 4 is 65.5 Å². The van der Waals surface area contributed by atoms with Gasteiger partial charge in [0.15, 0.2) is 34.6 Å². The summed E-state index contributed by atoms with van der Waals surface area (Å²) in [7, 11) is -1.75. The maximum Gasteiger partial charge on any atom is 0.474 e. The van der Waals surface area contributed by atoms with E-state index >= 15 is 0 Å². The van der Waals surface area contributed by atoms with Gasteiger partial charge in [-0.25, -0.2) is 8.96 Å². The molecule has 0 bridgehead atoms. The lowest BCUT2D eigenvalue weighted by atomic mass is 10.0. The van der Waals surface area contributed by atoms with Gasteiger partial charge in [0.2, 0.25) is 0 Å². The predicted molar refractivity (Wildman–Crippen MR) is 249 cm³/mol. The number of halogens is 1. The monoisotopic (exact) mass is 932 g/mol. The largest absolute Gasteiger partial charge is 0.504 e. The average molecular weight is 933 g/mol. The van der Waals surface area contributed by atoms with Crippen LogP contribution in [0, 0.1) is 5.82 Å². The number of methoxy groups -OCH3 is 2. The number of esters is 1. The smallest absolute Gasteiger partial charge is 0.474 e. The van der Waals surface area contributed by atoms with Crippen LogP contribution in [-0.2, 0) is 48.1 Å². The molecule has 1 atom stereocenters. The summed E-state index contributed by atoms with van der Waals surface area (Å²) in [6.07, 6.45) is 10.1. The number of carbonyl (C=O) groups is 3. The number of allylic oxidation sites excluding steroid dienone is 4. The number of phosphoric ester groups is 1. The molecule has 5 rings (SSSR count). The normalized spacial score (nSPS) is 13.4. The Bertz CT molecular complexity index is 2430. The summed E-state index contributed by atoms with van der Waals surface area (Å²) in [6, 6.07) is 21.3. The third-order valence-electron chi connectivity index (χ3n) is 9.60. The molecule has 0 aliphatic heterocycles. The molecule has 13 nitrogen and oxygen atoms in total. The van der Waals surface area contributed by atoms with Crippen molar-refractivity contribution in [2.45, 2.75) is 51.3 Å². The molecule has 0 amide bonds. The molecule has 0 saturated carbocycles. The Morgan fingerprint density at radius 3 is 1.78 bits per heavy atom. The molecule has 0 saturated heterocycles.